The molecule has 0 aliphatic rings. The minimum Gasteiger partial charge on any atom is -0.470 e. The third-order valence-corrected chi connectivity index (χ3v) is 2.52. The molecule has 0 atom stereocenters. The molecule has 1 aromatic rings. The van der Waals surface area contributed by atoms with E-state index >= 15 is 0 Å². The zero-order valence-electron chi connectivity index (χ0n) is 13.0. The summed E-state index contributed by atoms with van der Waals surface area (Å²) >= 11 is 0. The molecule has 1 rings (SSSR count). The number of nitrogens with one attached hydrogen (secondary N) is 1. The summed E-state index contributed by atoms with van der Waals surface area (Å²) in [5.74, 6) is 0.680. The van der Waals surface area contributed by atoms with Crippen molar-refractivity contribution in [3.63, 3.8) is 0 Å². The average Bonchev–Trinajstić information content (AvgIpc) is 2.37. The Morgan fingerprint density at radius 3 is 2.38 bits per heavy atom. The van der Waals surface area contributed by atoms with Gasteiger partial charge in [0, 0.05) is 19.1 Å². The summed E-state index contributed by atoms with van der Waals surface area (Å²) < 4.78 is 10.3. The number of ether oxygens (including phenoxy) is 2. The van der Waals surface area contributed by atoms with Crippen LogP contribution in [0.2, 0.25) is 0 Å². The molecular weight excluding hydrogens is 276 g/mol. The predicted molar refractivity (Wildman–Crippen MR) is 78.9 cm³/mol. The second-order valence-corrected chi connectivity index (χ2v) is 5.14. The molecule has 21 heavy (non-hydrogen) atoms. The van der Waals surface area contributed by atoms with E-state index in [9.17, 15) is 10.1 Å². The van der Waals surface area contributed by atoms with Crippen LogP contribution in [0.25, 0.3) is 0 Å². The van der Waals surface area contributed by atoms with Crippen molar-refractivity contribution in [3.05, 3.63) is 15.9 Å². The van der Waals surface area contributed by atoms with Crippen LogP contribution in [0.5, 0.6) is 5.88 Å². The van der Waals surface area contributed by atoms with E-state index < -0.39 is 4.92 Å². The number of anilines is 1. The number of rotatable bonds is 8. The predicted octanol–water partition coefficient (Wildman–Crippen LogP) is 2.35. The molecular formula is C13H22N4O4. The Kier molecular flexibility index (Phi) is 6.29. The first-order valence-corrected chi connectivity index (χ1v) is 6.81. The molecule has 0 saturated carbocycles. The van der Waals surface area contributed by atoms with Crippen LogP contribution in [0.4, 0.5) is 11.5 Å². The zero-order valence-corrected chi connectivity index (χ0v) is 13.0. The van der Waals surface area contributed by atoms with Crippen LogP contribution in [0.15, 0.2) is 0 Å². The molecule has 8 nitrogen and oxygen atoms in total. The quantitative estimate of drug-likeness (QED) is 0.446. The fraction of sp³-hybridized carbons (Fsp3) is 0.692. The molecule has 0 saturated heterocycles. The topological polar surface area (TPSA) is 99.4 Å². The largest absolute Gasteiger partial charge is 0.470 e. The Bertz CT molecular complexity index is 491. The van der Waals surface area contributed by atoms with Crippen molar-refractivity contribution >= 4 is 11.5 Å². The highest BCUT2D eigenvalue weighted by Crippen LogP contribution is 2.33. The highest BCUT2D eigenvalue weighted by molar-refractivity contribution is 5.62. The first-order chi connectivity index (χ1) is 9.86. The Morgan fingerprint density at radius 1 is 1.24 bits per heavy atom. The van der Waals surface area contributed by atoms with Gasteiger partial charge in [-0.2, -0.15) is 4.98 Å². The average molecular weight is 298 g/mol. The SMILES string of the molecule is COCCOc1nc(C(C)C)nc(NC(C)C)c1[N+](=O)[O-]. The van der Waals surface area contributed by atoms with Crippen LogP contribution >= 0.6 is 0 Å². The van der Waals surface area contributed by atoms with Gasteiger partial charge in [-0.05, 0) is 13.8 Å². The molecule has 0 fully saturated rings. The minimum atomic E-state index is -0.531. The third-order valence-electron chi connectivity index (χ3n) is 2.52. The molecule has 1 N–H and O–H groups in total. The summed E-state index contributed by atoms with van der Waals surface area (Å²) in [6.07, 6.45) is 0. The van der Waals surface area contributed by atoms with Gasteiger partial charge in [0.25, 0.3) is 5.88 Å². The Labute approximate surface area is 124 Å². The molecule has 8 heteroatoms. The van der Waals surface area contributed by atoms with Crippen molar-refractivity contribution in [3.8, 4) is 5.88 Å². The first-order valence-electron chi connectivity index (χ1n) is 6.81. The number of hydrogen-bond donors (Lipinski definition) is 1. The second-order valence-electron chi connectivity index (χ2n) is 5.14. The highest BCUT2D eigenvalue weighted by Gasteiger charge is 2.27. The van der Waals surface area contributed by atoms with Crippen molar-refractivity contribution in [2.24, 2.45) is 0 Å². The summed E-state index contributed by atoms with van der Waals surface area (Å²) in [5.41, 5.74) is -0.246. The molecule has 0 bridgehead atoms. The van der Waals surface area contributed by atoms with E-state index in [0.29, 0.717) is 12.4 Å². The number of hydrogen-bond acceptors (Lipinski definition) is 7. The van der Waals surface area contributed by atoms with E-state index in [1.54, 1.807) is 0 Å². The van der Waals surface area contributed by atoms with Gasteiger partial charge in [-0.25, -0.2) is 4.98 Å². The molecule has 1 aromatic heterocycles. The summed E-state index contributed by atoms with van der Waals surface area (Å²) in [4.78, 5) is 19.2. The summed E-state index contributed by atoms with van der Waals surface area (Å²) in [7, 11) is 1.53. The zero-order chi connectivity index (χ0) is 16.0. The maximum absolute atomic E-state index is 11.3. The van der Waals surface area contributed by atoms with E-state index in [2.05, 4.69) is 15.3 Å². The fourth-order valence-corrected chi connectivity index (χ4v) is 1.57. The smallest absolute Gasteiger partial charge is 0.372 e. The number of nitrogens with zero attached hydrogens (tertiary/aromatic N) is 3. The normalized spacial score (nSPS) is 11.0. The van der Waals surface area contributed by atoms with Crippen molar-refractivity contribution < 1.29 is 14.4 Å². The van der Waals surface area contributed by atoms with Crippen LogP contribution in [0.1, 0.15) is 39.4 Å². The third kappa shape index (κ3) is 4.82. The van der Waals surface area contributed by atoms with E-state index in [1.165, 1.54) is 7.11 Å². The van der Waals surface area contributed by atoms with Crippen LogP contribution in [0.3, 0.4) is 0 Å². The minimum absolute atomic E-state index is 0.00503. The molecule has 0 spiro atoms. The number of aromatic nitrogens is 2. The molecule has 0 aliphatic heterocycles. The lowest BCUT2D eigenvalue weighted by Crippen LogP contribution is -2.17. The molecule has 0 aliphatic carbocycles. The van der Waals surface area contributed by atoms with Gasteiger partial charge in [-0.1, -0.05) is 13.8 Å². The molecule has 0 aromatic carbocycles. The van der Waals surface area contributed by atoms with E-state index in [-0.39, 0.29) is 36.0 Å². The summed E-state index contributed by atoms with van der Waals surface area (Å²) in [5, 5.41) is 14.3. The fourth-order valence-electron chi connectivity index (χ4n) is 1.57. The van der Waals surface area contributed by atoms with Gasteiger partial charge in [0.2, 0.25) is 5.82 Å². The Morgan fingerprint density at radius 2 is 1.90 bits per heavy atom. The van der Waals surface area contributed by atoms with E-state index in [0.717, 1.165) is 0 Å². The Hall–Kier alpha value is -1.96. The Balaban J connectivity index is 3.27. The van der Waals surface area contributed by atoms with Gasteiger partial charge < -0.3 is 14.8 Å². The van der Waals surface area contributed by atoms with Crippen molar-refractivity contribution in [1.82, 2.24) is 9.97 Å². The molecule has 0 radical (unpaired) electrons. The lowest BCUT2D eigenvalue weighted by molar-refractivity contribution is -0.385. The molecule has 118 valence electrons. The van der Waals surface area contributed by atoms with E-state index in [1.807, 2.05) is 27.7 Å². The molecule has 0 unspecified atom stereocenters. The standard InChI is InChI=1S/C13H22N4O4/c1-8(2)11-15-12(14-9(3)4)10(17(18)19)13(16-11)21-7-6-20-5/h8-9H,6-7H2,1-5H3,(H,14,15,16). The van der Waals surface area contributed by atoms with Crippen LogP contribution in [-0.2, 0) is 4.74 Å². The van der Waals surface area contributed by atoms with Gasteiger partial charge in [0.05, 0.1) is 11.5 Å². The van der Waals surface area contributed by atoms with Gasteiger partial charge in [0.1, 0.15) is 12.4 Å². The monoisotopic (exact) mass is 298 g/mol. The molecule has 1 heterocycles. The van der Waals surface area contributed by atoms with E-state index in [4.69, 9.17) is 9.47 Å². The lowest BCUT2D eigenvalue weighted by Gasteiger charge is -2.14. The number of methoxy groups -OCH3 is 1. The van der Waals surface area contributed by atoms with Gasteiger partial charge in [-0.3, -0.25) is 10.1 Å². The van der Waals surface area contributed by atoms with Crippen LogP contribution in [-0.4, -0.2) is 41.3 Å². The lowest BCUT2D eigenvalue weighted by atomic mass is 10.2. The molecule has 0 amide bonds. The number of nitro groups is 1. The van der Waals surface area contributed by atoms with Crippen molar-refractivity contribution in [1.29, 1.82) is 0 Å². The maximum atomic E-state index is 11.3. The second kappa shape index (κ2) is 7.72. The first kappa shape index (κ1) is 17.1. The van der Waals surface area contributed by atoms with Crippen molar-refractivity contribution in [2.45, 2.75) is 39.7 Å². The van der Waals surface area contributed by atoms with Crippen molar-refractivity contribution in [2.75, 3.05) is 25.6 Å². The summed E-state index contributed by atoms with van der Waals surface area (Å²) in [6, 6.07) is 0.00503. The summed E-state index contributed by atoms with van der Waals surface area (Å²) in [6.45, 7) is 8.11. The maximum Gasteiger partial charge on any atom is 0.372 e. The van der Waals surface area contributed by atoms with Gasteiger partial charge in [-0.15, -0.1) is 0 Å². The van der Waals surface area contributed by atoms with Crippen LogP contribution < -0.4 is 10.1 Å². The van der Waals surface area contributed by atoms with Gasteiger partial charge in [0.15, 0.2) is 0 Å². The van der Waals surface area contributed by atoms with Gasteiger partial charge >= 0.3 is 5.69 Å². The van der Waals surface area contributed by atoms with Crippen LogP contribution in [0, 0.1) is 10.1 Å². The highest BCUT2D eigenvalue weighted by atomic mass is 16.6.